The first-order valence-corrected chi connectivity index (χ1v) is 9.60. The summed E-state index contributed by atoms with van der Waals surface area (Å²) in [5.41, 5.74) is 0.794. The topological polar surface area (TPSA) is 20.3 Å². The van der Waals surface area contributed by atoms with E-state index >= 15 is 0 Å². The highest BCUT2D eigenvalue weighted by Gasteiger charge is 2.35. The van der Waals surface area contributed by atoms with Crippen LogP contribution >= 0.6 is 0 Å². The third kappa shape index (κ3) is 5.15. The maximum atomic E-state index is 14.5. The third-order valence-corrected chi connectivity index (χ3v) is 4.99. The number of rotatable bonds is 8. The molecule has 0 radical (unpaired) electrons. The molecule has 2 rings (SSSR count). The number of hydrogen-bond acceptors (Lipinski definition) is 1. The van der Waals surface area contributed by atoms with Crippen molar-refractivity contribution >= 4 is 5.91 Å². The van der Waals surface area contributed by atoms with Crippen LogP contribution in [0.25, 0.3) is 0 Å². The van der Waals surface area contributed by atoms with Crippen molar-refractivity contribution in [2.24, 2.45) is 5.41 Å². The lowest BCUT2D eigenvalue weighted by atomic mass is 9.85. The molecule has 0 aliphatic carbocycles. The summed E-state index contributed by atoms with van der Waals surface area (Å²) >= 11 is 0. The third-order valence-electron chi connectivity index (χ3n) is 4.99. The monoisotopic (exact) mass is 373 g/mol. The van der Waals surface area contributed by atoms with Gasteiger partial charge in [0, 0.05) is 23.6 Å². The molecule has 4 heteroatoms. The largest absolute Gasteiger partial charge is 0.331 e. The van der Waals surface area contributed by atoms with Gasteiger partial charge in [0.1, 0.15) is 11.6 Å². The van der Waals surface area contributed by atoms with Crippen LogP contribution in [0.5, 0.6) is 0 Å². The number of hydrogen-bond donors (Lipinski definition) is 0. The molecule has 2 aromatic rings. The lowest BCUT2D eigenvalue weighted by Crippen LogP contribution is -2.42. The second-order valence-corrected chi connectivity index (χ2v) is 7.64. The zero-order valence-corrected chi connectivity index (χ0v) is 16.6. The van der Waals surface area contributed by atoms with Crippen molar-refractivity contribution in [1.82, 2.24) is 4.90 Å². The molecule has 0 N–H and O–H groups in total. The predicted octanol–water partition coefficient (Wildman–Crippen LogP) is 6.27. The van der Waals surface area contributed by atoms with E-state index in [1.807, 2.05) is 58.0 Å². The number of carbonyl (C=O) groups excluding carboxylic acids is 1. The standard InChI is InChI=1S/C23H29F2NO/c1-5-14-23(3,4)22(27)26(16-17-10-8-7-9-11-17)21(6-2)19-13-12-18(24)15-20(19)25/h7-13,15,21H,5-6,14,16H2,1-4H3. The fourth-order valence-corrected chi connectivity index (χ4v) is 3.60. The summed E-state index contributed by atoms with van der Waals surface area (Å²) in [6, 6.07) is 12.8. The van der Waals surface area contributed by atoms with E-state index in [1.165, 1.54) is 12.1 Å². The van der Waals surface area contributed by atoms with Crippen molar-refractivity contribution < 1.29 is 13.6 Å². The molecular weight excluding hydrogens is 344 g/mol. The van der Waals surface area contributed by atoms with Crippen LogP contribution in [0.1, 0.15) is 64.1 Å². The Morgan fingerprint density at radius 2 is 1.74 bits per heavy atom. The number of nitrogens with zero attached hydrogens (tertiary/aromatic N) is 1. The normalized spacial score (nSPS) is 12.7. The van der Waals surface area contributed by atoms with Crippen LogP contribution in [0.2, 0.25) is 0 Å². The summed E-state index contributed by atoms with van der Waals surface area (Å²) in [5, 5.41) is 0. The minimum Gasteiger partial charge on any atom is -0.331 e. The minimum atomic E-state index is -0.613. The summed E-state index contributed by atoms with van der Waals surface area (Å²) in [6.45, 7) is 8.23. The zero-order chi connectivity index (χ0) is 20.0. The number of carbonyl (C=O) groups is 1. The molecule has 0 fully saturated rings. The average molecular weight is 373 g/mol. The van der Waals surface area contributed by atoms with Crippen LogP contribution in [0.15, 0.2) is 48.5 Å². The Kier molecular flexibility index (Phi) is 7.11. The van der Waals surface area contributed by atoms with Crippen molar-refractivity contribution in [3.05, 3.63) is 71.3 Å². The van der Waals surface area contributed by atoms with E-state index < -0.39 is 23.1 Å². The number of amides is 1. The van der Waals surface area contributed by atoms with Gasteiger partial charge in [-0.05, 0) is 24.5 Å². The van der Waals surface area contributed by atoms with Gasteiger partial charge >= 0.3 is 0 Å². The van der Waals surface area contributed by atoms with Crippen LogP contribution < -0.4 is 0 Å². The summed E-state index contributed by atoms with van der Waals surface area (Å²) in [6.07, 6.45) is 2.18. The fraction of sp³-hybridized carbons (Fsp3) is 0.435. The highest BCUT2D eigenvalue weighted by Crippen LogP contribution is 2.34. The second kappa shape index (κ2) is 9.12. The van der Waals surface area contributed by atoms with E-state index in [0.717, 1.165) is 24.5 Å². The van der Waals surface area contributed by atoms with Gasteiger partial charge in [-0.3, -0.25) is 4.79 Å². The Labute approximate surface area is 161 Å². The van der Waals surface area contributed by atoms with Gasteiger partial charge in [0.25, 0.3) is 0 Å². The lowest BCUT2D eigenvalue weighted by molar-refractivity contribution is -0.144. The molecule has 0 aliphatic rings. The first kappa shape index (κ1) is 21.1. The summed E-state index contributed by atoms with van der Waals surface area (Å²) < 4.78 is 27.9. The van der Waals surface area contributed by atoms with Gasteiger partial charge in [-0.25, -0.2) is 8.78 Å². The smallest absolute Gasteiger partial charge is 0.229 e. The molecule has 0 bridgehead atoms. The number of benzene rings is 2. The summed E-state index contributed by atoms with van der Waals surface area (Å²) in [5.74, 6) is -1.23. The molecule has 0 aliphatic heterocycles. The predicted molar refractivity (Wildman–Crippen MR) is 105 cm³/mol. The molecule has 0 saturated heterocycles. The quantitative estimate of drug-likeness (QED) is 0.534. The Balaban J connectivity index is 2.47. The maximum Gasteiger partial charge on any atom is 0.229 e. The van der Waals surface area contributed by atoms with Crippen molar-refractivity contribution in [2.45, 2.75) is 59.5 Å². The highest BCUT2D eigenvalue weighted by atomic mass is 19.1. The zero-order valence-electron chi connectivity index (χ0n) is 16.6. The minimum absolute atomic E-state index is 0.0104. The van der Waals surface area contributed by atoms with Crippen molar-refractivity contribution in [3.8, 4) is 0 Å². The van der Waals surface area contributed by atoms with Crippen molar-refractivity contribution in [2.75, 3.05) is 0 Å². The van der Waals surface area contributed by atoms with Gasteiger partial charge in [0.2, 0.25) is 5.91 Å². The van der Waals surface area contributed by atoms with E-state index in [4.69, 9.17) is 0 Å². The van der Waals surface area contributed by atoms with Crippen LogP contribution in [0.4, 0.5) is 8.78 Å². The molecule has 146 valence electrons. The van der Waals surface area contributed by atoms with Crippen molar-refractivity contribution in [3.63, 3.8) is 0 Å². The van der Waals surface area contributed by atoms with Gasteiger partial charge < -0.3 is 4.90 Å². The molecule has 0 heterocycles. The maximum absolute atomic E-state index is 14.5. The van der Waals surface area contributed by atoms with Gasteiger partial charge in [-0.15, -0.1) is 0 Å². The molecule has 2 nitrogen and oxygen atoms in total. The molecule has 1 amide bonds. The highest BCUT2D eigenvalue weighted by molar-refractivity contribution is 5.82. The van der Waals surface area contributed by atoms with Crippen LogP contribution in [-0.4, -0.2) is 10.8 Å². The average Bonchev–Trinajstić information content (AvgIpc) is 2.63. The van der Waals surface area contributed by atoms with Crippen LogP contribution in [-0.2, 0) is 11.3 Å². The SMILES string of the molecule is CCCC(C)(C)C(=O)N(Cc1ccccc1)C(CC)c1ccc(F)cc1F. The Bertz CT molecular complexity index is 758. The van der Waals surface area contributed by atoms with Gasteiger partial charge in [-0.1, -0.05) is 70.5 Å². The number of halogens is 2. The summed E-state index contributed by atoms with van der Waals surface area (Å²) in [4.78, 5) is 15.2. The van der Waals surface area contributed by atoms with E-state index in [9.17, 15) is 13.6 Å². The van der Waals surface area contributed by atoms with Gasteiger partial charge in [0.15, 0.2) is 0 Å². The fourth-order valence-electron chi connectivity index (χ4n) is 3.60. The van der Waals surface area contributed by atoms with Crippen LogP contribution in [0.3, 0.4) is 0 Å². The molecule has 0 aromatic heterocycles. The molecule has 0 spiro atoms. The van der Waals surface area contributed by atoms with Gasteiger partial charge in [0.05, 0.1) is 6.04 Å². The van der Waals surface area contributed by atoms with E-state index in [0.29, 0.717) is 18.5 Å². The molecule has 1 unspecified atom stereocenters. The Morgan fingerprint density at radius 1 is 1.07 bits per heavy atom. The molecule has 1 atom stereocenters. The van der Waals surface area contributed by atoms with E-state index in [2.05, 4.69) is 0 Å². The lowest BCUT2D eigenvalue weighted by Gasteiger charge is -2.37. The first-order valence-electron chi connectivity index (χ1n) is 9.60. The van der Waals surface area contributed by atoms with E-state index in [1.54, 1.807) is 4.90 Å². The molecule has 27 heavy (non-hydrogen) atoms. The first-order chi connectivity index (χ1) is 12.8. The van der Waals surface area contributed by atoms with Crippen molar-refractivity contribution in [1.29, 1.82) is 0 Å². The second-order valence-electron chi connectivity index (χ2n) is 7.64. The van der Waals surface area contributed by atoms with Crippen LogP contribution in [0, 0.1) is 17.0 Å². The molecule has 2 aromatic carbocycles. The van der Waals surface area contributed by atoms with E-state index in [-0.39, 0.29) is 5.91 Å². The van der Waals surface area contributed by atoms with Gasteiger partial charge in [-0.2, -0.15) is 0 Å². The molecular formula is C23H29F2NO. The molecule has 0 saturated carbocycles. The Hall–Kier alpha value is -2.23. The summed E-state index contributed by atoms with van der Waals surface area (Å²) in [7, 11) is 0. The Morgan fingerprint density at radius 3 is 2.30 bits per heavy atom.